The van der Waals surface area contributed by atoms with Crippen molar-refractivity contribution in [3.8, 4) is 0 Å². The zero-order chi connectivity index (χ0) is 20.5. The van der Waals surface area contributed by atoms with E-state index >= 15 is 0 Å². The van der Waals surface area contributed by atoms with Gasteiger partial charge >= 0.3 is 8.80 Å². The van der Waals surface area contributed by atoms with Crippen LogP contribution in [0.1, 0.15) is 6.42 Å². The maximum atomic E-state index is 6.89. The normalized spacial score (nSPS) is 13.5. The van der Waals surface area contributed by atoms with Gasteiger partial charge < -0.3 is 12.3 Å². The Bertz CT molecular complexity index is 408. The van der Waals surface area contributed by atoms with Crippen molar-refractivity contribution in [2.75, 3.05) is 4.43 Å². The molecule has 0 saturated carbocycles. The maximum absolute atomic E-state index is 6.89. The Balaban J connectivity index is 5.93. The lowest BCUT2D eigenvalue weighted by molar-refractivity contribution is 0.249. The molecule has 0 unspecified atom stereocenters. The third-order valence-electron chi connectivity index (χ3n) is 3.82. The molecule has 0 atom stereocenters. The van der Waals surface area contributed by atoms with E-state index < -0.39 is 33.8 Å². The topological polar surface area (TPSA) is 27.7 Å². The number of alkyl halides is 1. The highest BCUT2D eigenvalue weighted by Gasteiger charge is 2.51. The molecule has 0 fully saturated rings. The molecule has 3 nitrogen and oxygen atoms in total. The molecule has 0 heterocycles. The molecule has 0 aromatic heterocycles. The maximum Gasteiger partial charge on any atom is 0.469 e. The Hall–Kier alpha value is 0.698. The van der Waals surface area contributed by atoms with E-state index in [1.54, 1.807) is 0 Å². The van der Waals surface area contributed by atoms with Gasteiger partial charge in [0, 0.05) is 6.04 Å². The molecular formula is C18H39IO3Si4. The van der Waals surface area contributed by atoms with Gasteiger partial charge in [-0.3, -0.25) is 0 Å². The summed E-state index contributed by atoms with van der Waals surface area (Å²) in [5.74, 6) is 0. The fraction of sp³-hybridized carbons (Fsp3) is 0.667. The summed E-state index contributed by atoms with van der Waals surface area (Å²) in [6, 6.07) is 3.62. The largest absolute Gasteiger partial charge is 0.469 e. The lowest BCUT2D eigenvalue weighted by Gasteiger charge is -2.44. The molecule has 152 valence electrons. The monoisotopic (exact) mass is 542 g/mol. The van der Waals surface area contributed by atoms with Crippen molar-refractivity contribution in [3.05, 3.63) is 38.0 Å². The molecule has 0 saturated heterocycles. The van der Waals surface area contributed by atoms with E-state index in [0.717, 1.165) is 35.0 Å². The summed E-state index contributed by atoms with van der Waals surface area (Å²) in [6.45, 7) is 25.3. The minimum absolute atomic E-state index is 0.894. The van der Waals surface area contributed by atoms with Crippen LogP contribution in [0.2, 0.25) is 63.5 Å². The fourth-order valence-corrected chi connectivity index (χ4v) is 20.7. The summed E-state index contributed by atoms with van der Waals surface area (Å²) in [4.78, 5) is 0. The minimum Gasteiger partial charge on any atom is -0.416 e. The van der Waals surface area contributed by atoms with Gasteiger partial charge in [0.2, 0.25) is 0 Å². The summed E-state index contributed by atoms with van der Waals surface area (Å²) in [7, 11) is -8.65. The van der Waals surface area contributed by atoms with Crippen LogP contribution in [0.4, 0.5) is 0 Å². The average Bonchev–Trinajstić information content (AvgIpc) is 2.42. The highest BCUT2D eigenvalue weighted by Crippen LogP contribution is 2.33. The molecule has 0 aliphatic rings. The van der Waals surface area contributed by atoms with Crippen molar-refractivity contribution in [1.82, 2.24) is 0 Å². The highest BCUT2D eigenvalue weighted by molar-refractivity contribution is 14.1. The van der Waals surface area contributed by atoms with Crippen LogP contribution in [0.15, 0.2) is 38.0 Å². The summed E-state index contributed by atoms with van der Waals surface area (Å²) >= 11 is 2.43. The predicted octanol–water partition coefficient (Wildman–Crippen LogP) is 6.97. The first-order valence-electron chi connectivity index (χ1n) is 9.36. The van der Waals surface area contributed by atoms with E-state index in [2.05, 4.69) is 81.6 Å². The van der Waals surface area contributed by atoms with Gasteiger partial charge in [0.25, 0.3) is 0 Å². The van der Waals surface area contributed by atoms with Gasteiger partial charge in [-0.25, -0.2) is 0 Å². The second kappa shape index (κ2) is 11.6. The minimum atomic E-state index is -2.80. The van der Waals surface area contributed by atoms with Crippen molar-refractivity contribution < 1.29 is 12.3 Å². The molecule has 0 aromatic rings. The Labute approximate surface area is 180 Å². The fourth-order valence-electron chi connectivity index (χ4n) is 2.93. The molecule has 0 aliphatic heterocycles. The van der Waals surface area contributed by atoms with Gasteiger partial charge in [-0.2, -0.15) is 0 Å². The van der Waals surface area contributed by atoms with E-state index in [1.165, 1.54) is 0 Å². The molecule has 0 bridgehead atoms. The summed E-state index contributed by atoms with van der Waals surface area (Å²) in [5, 5.41) is 0. The van der Waals surface area contributed by atoms with Crippen molar-refractivity contribution in [2.45, 2.75) is 69.9 Å². The molecule has 0 aromatic carbocycles. The number of allylic oxidation sites excluding steroid dienone is 3. The lowest BCUT2D eigenvalue weighted by Crippen LogP contribution is -2.61. The van der Waals surface area contributed by atoms with Gasteiger partial charge in [0.15, 0.2) is 25.0 Å². The quantitative estimate of drug-likeness (QED) is 0.0968. The van der Waals surface area contributed by atoms with Gasteiger partial charge in [0.05, 0.1) is 0 Å². The third kappa shape index (κ3) is 10.9. The van der Waals surface area contributed by atoms with Crippen LogP contribution < -0.4 is 0 Å². The summed E-state index contributed by atoms with van der Waals surface area (Å²) < 4.78 is 21.8. The zero-order valence-electron chi connectivity index (χ0n) is 17.7. The van der Waals surface area contributed by atoms with Crippen LogP contribution in [0, 0.1) is 0 Å². The number of hydrogen-bond donors (Lipinski definition) is 0. The Morgan fingerprint density at radius 3 is 1.23 bits per heavy atom. The molecule has 26 heavy (non-hydrogen) atoms. The van der Waals surface area contributed by atoms with Gasteiger partial charge in [-0.15, -0.1) is 19.7 Å². The van der Waals surface area contributed by atoms with E-state index in [1.807, 2.05) is 18.2 Å². The molecule has 8 heteroatoms. The van der Waals surface area contributed by atoms with Gasteiger partial charge in [0.1, 0.15) is 0 Å². The van der Waals surface area contributed by atoms with Crippen molar-refractivity contribution in [3.63, 3.8) is 0 Å². The van der Waals surface area contributed by atoms with Crippen molar-refractivity contribution >= 4 is 56.3 Å². The lowest BCUT2D eigenvalue weighted by atomic mass is 10.6. The SMILES string of the molecule is C=CC[Si](C)(C)O[Si](CCCI)(O[Si](C)(C)CC=C)O[Si](C)(C)CC=C. The van der Waals surface area contributed by atoms with Crippen LogP contribution in [-0.2, 0) is 12.3 Å². The van der Waals surface area contributed by atoms with Crippen LogP contribution >= 0.6 is 22.6 Å². The van der Waals surface area contributed by atoms with Crippen LogP contribution in [0.3, 0.4) is 0 Å². The first kappa shape index (κ1) is 26.7. The summed E-state index contributed by atoms with van der Waals surface area (Å²) in [6.07, 6.45) is 6.98. The smallest absolute Gasteiger partial charge is 0.416 e. The number of halogens is 1. The van der Waals surface area contributed by atoms with E-state index in [4.69, 9.17) is 12.3 Å². The van der Waals surface area contributed by atoms with E-state index in [0.29, 0.717) is 0 Å². The molecule has 0 N–H and O–H groups in total. The van der Waals surface area contributed by atoms with Crippen molar-refractivity contribution in [2.24, 2.45) is 0 Å². The summed E-state index contributed by atoms with van der Waals surface area (Å²) in [5.41, 5.74) is 0. The molecule has 0 radical (unpaired) electrons. The second-order valence-corrected chi connectivity index (χ2v) is 25.7. The average molecular weight is 543 g/mol. The molecule has 0 aliphatic carbocycles. The second-order valence-electron chi connectivity index (χ2n) is 8.54. The first-order chi connectivity index (χ1) is 11.9. The first-order valence-corrected chi connectivity index (χ1v) is 22.2. The Morgan fingerprint density at radius 1 is 0.692 bits per heavy atom. The molecule has 0 amide bonds. The zero-order valence-corrected chi connectivity index (χ0v) is 23.9. The van der Waals surface area contributed by atoms with Gasteiger partial charge in [-0.05, 0) is 68.3 Å². The predicted molar refractivity (Wildman–Crippen MR) is 135 cm³/mol. The van der Waals surface area contributed by atoms with Crippen LogP contribution in [0.5, 0.6) is 0 Å². The van der Waals surface area contributed by atoms with Crippen molar-refractivity contribution in [1.29, 1.82) is 0 Å². The third-order valence-corrected chi connectivity index (χ3v) is 19.7. The molecular weight excluding hydrogens is 503 g/mol. The highest BCUT2D eigenvalue weighted by atomic mass is 127. The standard InChI is InChI=1S/C18H39IO3Si4/c1-10-15-23(4,5)20-26(18-13-14-19,21-24(6,7)16-11-2)22-25(8,9)17-12-3/h10-12H,1-3,13-18H2,4-9H3. The number of hydrogen-bond acceptors (Lipinski definition) is 3. The van der Waals surface area contributed by atoms with Crippen LogP contribution in [0.25, 0.3) is 0 Å². The molecule has 0 spiro atoms. The van der Waals surface area contributed by atoms with Gasteiger partial charge in [-0.1, -0.05) is 40.8 Å². The number of rotatable bonds is 15. The Kier molecular flexibility index (Phi) is 12.0. The van der Waals surface area contributed by atoms with E-state index in [9.17, 15) is 0 Å². The van der Waals surface area contributed by atoms with Crippen LogP contribution in [-0.4, -0.2) is 38.2 Å². The van der Waals surface area contributed by atoms with E-state index in [-0.39, 0.29) is 0 Å². The molecule has 0 rings (SSSR count). The Morgan fingerprint density at radius 2 is 1.00 bits per heavy atom.